The largest absolute Gasteiger partial charge is 0.436 e. The molecule has 3 aromatic rings. The van der Waals surface area contributed by atoms with E-state index in [1.54, 1.807) is 18.2 Å². The molecule has 0 radical (unpaired) electrons. The fraction of sp³-hybridized carbons (Fsp3) is 0.222. The molecule has 1 unspecified atom stereocenters. The van der Waals surface area contributed by atoms with Crippen LogP contribution in [0.3, 0.4) is 0 Å². The highest BCUT2D eigenvalue weighted by Gasteiger charge is 2.25. The standard InChI is InChI=1S/C18H15NO4/c20-18(15-7-4-10-21-15)22-13-8-9-14-16(11-13)23-17(19-14)12-5-2-1-3-6-12/h1-3,5-6,8-9,11,15H,4,7,10H2. The lowest BCUT2D eigenvalue weighted by molar-refractivity contribution is -0.144. The molecule has 1 saturated heterocycles. The van der Waals surface area contributed by atoms with Gasteiger partial charge < -0.3 is 13.9 Å². The summed E-state index contributed by atoms with van der Waals surface area (Å²) in [4.78, 5) is 16.4. The molecular weight excluding hydrogens is 294 g/mol. The van der Waals surface area contributed by atoms with Crippen molar-refractivity contribution < 1.29 is 18.7 Å². The average Bonchev–Trinajstić information content (AvgIpc) is 3.25. The van der Waals surface area contributed by atoms with Gasteiger partial charge in [-0.15, -0.1) is 0 Å². The first-order valence-corrected chi connectivity index (χ1v) is 7.59. The molecule has 0 saturated carbocycles. The van der Waals surface area contributed by atoms with Crippen molar-refractivity contribution in [3.8, 4) is 17.2 Å². The van der Waals surface area contributed by atoms with Crippen LogP contribution in [-0.4, -0.2) is 23.7 Å². The Labute approximate surface area is 132 Å². The van der Waals surface area contributed by atoms with Crippen LogP contribution in [-0.2, 0) is 9.53 Å². The summed E-state index contributed by atoms with van der Waals surface area (Å²) in [6, 6.07) is 14.8. The lowest BCUT2D eigenvalue weighted by atomic mass is 10.2. The van der Waals surface area contributed by atoms with E-state index in [2.05, 4.69) is 4.98 Å². The van der Waals surface area contributed by atoms with E-state index in [9.17, 15) is 4.79 Å². The summed E-state index contributed by atoms with van der Waals surface area (Å²) in [7, 11) is 0. The molecule has 0 aliphatic carbocycles. The van der Waals surface area contributed by atoms with Crippen LogP contribution in [0.25, 0.3) is 22.6 Å². The predicted molar refractivity (Wildman–Crippen MR) is 84.1 cm³/mol. The molecule has 4 rings (SSSR count). The van der Waals surface area contributed by atoms with Gasteiger partial charge in [0, 0.05) is 18.2 Å². The molecule has 5 heteroatoms. The predicted octanol–water partition coefficient (Wildman–Crippen LogP) is 3.58. The first-order valence-electron chi connectivity index (χ1n) is 7.59. The SMILES string of the molecule is O=C(Oc1ccc2nc(-c3ccccc3)oc2c1)C1CCCO1. The Morgan fingerprint density at radius 2 is 2.04 bits per heavy atom. The molecule has 116 valence electrons. The molecular formula is C18H15NO4. The van der Waals surface area contributed by atoms with Gasteiger partial charge in [-0.3, -0.25) is 0 Å². The van der Waals surface area contributed by atoms with Crippen molar-refractivity contribution in [1.29, 1.82) is 0 Å². The smallest absolute Gasteiger partial charge is 0.340 e. The van der Waals surface area contributed by atoms with E-state index < -0.39 is 6.10 Å². The second kappa shape index (κ2) is 5.85. The van der Waals surface area contributed by atoms with E-state index in [-0.39, 0.29) is 5.97 Å². The number of nitrogens with zero attached hydrogens (tertiary/aromatic N) is 1. The molecule has 23 heavy (non-hydrogen) atoms. The fourth-order valence-corrected chi connectivity index (χ4v) is 2.62. The number of benzene rings is 2. The minimum absolute atomic E-state index is 0.357. The van der Waals surface area contributed by atoms with Crippen LogP contribution < -0.4 is 4.74 Å². The summed E-state index contributed by atoms with van der Waals surface area (Å²) >= 11 is 0. The summed E-state index contributed by atoms with van der Waals surface area (Å²) in [5.41, 5.74) is 2.21. The van der Waals surface area contributed by atoms with Crippen LogP contribution in [0.2, 0.25) is 0 Å². The maximum Gasteiger partial charge on any atom is 0.340 e. The van der Waals surface area contributed by atoms with Crippen molar-refractivity contribution in [3.63, 3.8) is 0 Å². The van der Waals surface area contributed by atoms with Gasteiger partial charge in [0.15, 0.2) is 11.7 Å². The van der Waals surface area contributed by atoms with Crippen LogP contribution in [0, 0.1) is 0 Å². The van der Waals surface area contributed by atoms with Crippen LogP contribution in [0.4, 0.5) is 0 Å². The number of fused-ring (bicyclic) bond motifs is 1. The maximum absolute atomic E-state index is 12.0. The molecule has 1 aromatic heterocycles. The molecule has 1 atom stereocenters. The van der Waals surface area contributed by atoms with Crippen LogP contribution in [0.1, 0.15) is 12.8 Å². The van der Waals surface area contributed by atoms with E-state index in [1.165, 1.54) is 0 Å². The Morgan fingerprint density at radius 3 is 2.83 bits per heavy atom. The Bertz CT molecular complexity index is 835. The molecule has 1 fully saturated rings. The van der Waals surface area contributed by atoms with Crippen molar-refractivity contribution in [2.24, 2.45) is 0 Å². The lowest BCUT2D eigenvalue weighted by Gasteiger charge is -2.08. The molecule has 5 nitrogen and oxygen atoms in total. The van der Waals surface area contributed by atoms with Gasteiger partial charge in [0.2, 0.25) is 5.89 Å². The number of oxazole rings is 1. The first kappa shape index (κ1) is 14.0. The number of esters is 1. The highest BCUT2D eigenvalue weighted by atomic mass is 16.6. The zero-order valence-electron chi connectivity index (χ0n) is 12.4. The van der Waals surface area contributed by atoms with Crippen LogP contribution in [0.5, 0.6) is 5.75 Å². The number of hydrogen-bond donors (Lipinski definition) is 0. The van der Waals surface area contributed by atoms with Gasteiger partial charge in [0.25, 0.3) is 0 Å². The zero-order chi connectivity index (χ0) is 15.6. The minimum Gasteiger partial charge on any atom is -0.436 e. The van der Waals surface area contributed by atoms with Crippen molar-refractivity contribution in [3.05, 3.63) is 48.5 Å². The number of hydrogen-bond acceptors (Lipinski definition) is 5. The van der Waals surface area contributed by atoms with Crippen molar-refractivity contribution >= 4 is 17.1 Å². The van der Waals surface area contributed by atoms with E-state index in [0.717, 1.165) is 17.5 Å². The monoisotopic (exact) mass is 309 g/mol. The van der Waals surface area contributed by atoms with Gasteiger partial charge in [0.05, 0.1) is 0 Å². The van der Waals surface area contributed by atoms with Gasteiger partial charge in [-0.2, -0.15) is 0 Å². The van der Waals surface area contributed by atoms with E-state index in [1.807, 2.05) is 30.3 Å². The summed E-state index contributed by atoms with van der Waals surface area (Å²) in [6.07, 6.45) is 1.14. The summed E-state index contributed by atoms with van der Waals surface area (Å²) in [5, 5.41) is 0. The summed E-state index contributed by atoms with van der Waals surface area (Å²) < 4.78 is 16.5. The second-order valence-electron chi connectivity index (χ2n) is 5.44. The third kappa shape index (κ3) is 2.83. The Kier molecular flexibility index (Phi) is 3.55. The second-order valence-corrected chi connectivity index (χ2v) is 5.44. The number of rotatable bonds is 3. The molecule has 0 N–H and O–H groups in total. The lowest BCUT2D eigenvalue weighted by Crippen LogP contribution is -2.24. The van der Waals surface area contributed by atoms with E-state index in [0.29, 0.717) is 30.3 Å². The Morgan fingerprint density at radius 1 is 1.17 bits per heavy atom. The van der Waals surface area contributed by atoms with Crippen LogP contribution in [0.15, 0.2) is 52.9 Å². The number of aromatic nitrogens is 1. The average molecular weight is 309 g/mol. The van der Waals surface area contributed by atoms with Crippen molar-refractivity contribution in [1.82, 2.24) is 4.98 Å². The van der Waals surface area contributed by atoms with Gasteiger partial charge in [0.1, 0.15) is 11.3 Å². The fourth-order valence-electron chi connectivity index (χ4n) is 2.62. The Hall–Kier alpha value is -2.66. The normalized spacial score (nSPS) is 17.5. The third-order valence-electron chi connectivity index (χ3n) is 3.79. The van der Waals surface area contributed by atoms with E-state index >= 15 is 0 Å². The van der Waals surface area contributed by atoms with Crippen molar-refractivity contribution in [2.75, 3.05) is 6.61 Å². The maximum atomic E-state index is 12.0. The quantitative estimate of drug-likeness (QED) is 0.546. The molecule has 2 heterocycles. The third-order valence-corrected chi connectivity index (χ3v) is 3.79. The number of carbonyl (C=O) groups excluding carboxylic acids is 1. The van der Waals surface area contributed by atoms with Gasteiger partial charge in [-0.05, 0) is 37.1 Å². The molecule has 1 aliphatic heterocycles. The summed E-state index contributed by atoms with van der Waals surface area (Å²) in [5.74, 6) is 0.626. The minimum atomic E-state index is -0.458. The Balaban J connectivity index is 1.59. The van der Waals surface area contributed by atoms with Gasteiger partial charge in [-0.1, -0.05) is 18.2 Å². The van der Waals surface area contributed by atoms with Crippen molar-refractivity contribution in [2.45, 2.75) is 18.9 Å². The molecule has 0 amide bonds. The molecule has 0 bridgehead atoms. The van der Waals surface area contributed by atoms with E-state index in [4.69, 9.17) is 13.9 Å². The van der Waals surface area contributed by atoms with Gasteiger partial charge in [-0.25, -0.2) is 9.78 Å². The highest BCUT2D eigenvalue weighted by Crippen LogP contribution is 2.27. The number of ether oxygens (including phenoxy) is 2. The molecule has 2 aromatic carbocycles. The molecule has 1 aliphatic rings. The topological polar surface area (TPSA) is 61.6 Å². The molecule has 0 spiro atoms. The highest BCUT2D eigenvalue weighted by molar-refractivity contribution is 5.81. The summed E-state index contributed by atoms with van der Waals surface area (Å²) in [6.45, 7) is 0.612. The number of carbonyl (C=O) groups is 1. The van der Waals surface area contributed by atoms with Crippen LogP contribution >= 0.6 is 0 Å². The zero-order valence-corrected chi connectivity index (χ0v) is 12.4. The van der Waals surface area contributed by atoms with Gasteiger partial charge >= 0.3 is 5.97 Å². The first-order chi connectivity index (χ1) is 11.3.